The first-order chi connectivity index (χ1) is 7.72. The average Bonchev–Trinajstić information content (AvgIpc) is 2.72. The number of nitrogens with one attached hydrogen (secondary N) is 1. The topological polar surface area (TPSA) is 18.5 Å². The molecule has 0 aromatic heterocycles. The second-order valence-corrected chi connectivity index (χ2v) is 4.98. The van der Waals surface area contributed by atoms with E-state index in [9.17, 15) is 0 Å². The number of likely N-dealkylation sites (N-methyl/N-ethyl adjacent to an activating group) is 3. The fraction of sp³-hybridized carbons (Fsp3) is 1.00. The molecule has 16 heavy (non-hydrogen) atoms. The number of rotatable bonds is 7. The molecular formula is C13H29N3. The van der Waals surface area contributed by atoms with Gasteiger partial charge in [-0.15, -0.1) is 0 Å². The van der Waals surface area contributed by atoms with Gasteiger partial charge in [-0.05, 0) is 46.4 Å². The molecule has 1 aliphatic heterocycles. The Hall–Kier alpha value is -0.120. The Morgan fingerprint density at radius 2 is 2.19 bits per heavy atom. The maximum absolute atomic E-state index is 3.29. The van der Waals surface area contributed by atoms with Crippen molar-refractivity contribution >= 4 is 0 Å². The first-order valence-electron chi connectivity index (χ1n) is 6.81. The standard InChI is InChI=1S/C13H29N3/c1-5-12(10-14-3)15(4)11-13-8-7-9-16(13)6-2/h12-14H,5-11H2,1-4H3. The van der Waals surface area contributed by atoms with E-state index in [0.717, 1.165) is 12.6 Å². The third-order valence-electron chi connectivity index (χ3n) is 3.94. The summed E-state index contributed by atoms with van der Waals surface area (Å²) < 4.78 is 0. The van der Waals surface area contributed by atoms with Crippen LogP contribution in [0.1, 0.15) is 33.1 Å². The largest absolute Gasteiger partial charge is 0.318 e. The van der Waals surface area contributed by atoms with Gasteiger partial charge in [0, 0.05) is 25.2 Å². The molecule has 1 N–H and O–H groups in total. The van der Waals surface area contributed by atoms with Gasteiger partial charge in [-0.25, -0.2) is 0 Å². The van der Waals surface area contributed by atoms with Crippen molar-refractivity contribution in [1.82, 2.24) is 15.1 Å². The summed E-state index contributed by atoms with van der Waals surface area (Å²) in [7, 11) is 4.32. The zero-order valence-corrected chi connectivity index (χ0v) is 11.5. The van der Waals surface area contributed by atoms with Crippen LogP contribution in [0.4, 0.5) is 0 Å². The first-order valence-corrected chi connectivity index (χ1v) is 6.81. The summed E-state index contributed by atoms with van der Waals surface area (Å²) in [6, 6.07) is 1.48. The fourth-order valence-electron chi connectivity index (χ4n) is 2.85. The number of likely N-dealkylation sites (tertiary alicyclic amines) is 1. The highest BCUT2D eigenvalue weighted by atomic mass is 15.2. The van der Waals surface area contributed by atoms with Crippen LogP contribution >= 0.6 is 0 Å². The van der Waals surface area contributed by atoms with Crippen LogP contribution in [0.5, 0.6) is 0 Å². The molecule has 0 radical (unpaired) electrons. The first kappa shape index (κ1) is 13.9. The molecule has 0 saturated carbocycles. The van der Waals surface area contributed by atoms with Crippen LogP contribution < -0.4 is 5.32 Å². The van der Waals surface area contributed by atoms with Crippen molar-refractivity contribution in [3.63, 3.8) is 0 Å². The Kier molecular flexibility index (Phi) is 6.32. The van der Waals surface area contributed by atoms with Gasteiger partial charge in [0.15, 0.2) is 0 Å². The molecule has 2 unspecified atom stereocenters. The smallest absolute Gasteiger partial charge is 0.0223 e. The monoisotopic (exact) mass is 227 g/mol. The van der Waals surface area contributed by atoms with E-state index in [4.69, 9.17) is 0 Å². The molecule has 0 bridgehead atoms. The summed E-state index contributed by atoms with van der Waals surface area (Å²) in [5.41, 5.74) is 0. The third-order valence-corrected chi connectivity index (χ3v) is 3.94. The van der Waals surface area contributed by atoms with Gasteiger partial charge < -0.3 is 10.2 Å². The lowest BCUT2D eigenvalue weighted by Crippen LogP contribution is -2.45. The third kappa shape index (κ3) is 3.72. The predicted molar refractivity (Wildman–Crippen MR) is 70.9 cm³/mol. The van der Waals surface area contributed by atoms with Gasteiger partial charge in [0.05, 0.1) is 0 Å². The van der Waals surface area contributed by atoms with Gasteiger partial charge >= 0.3 is 0 Å². The van der Waals surface area contributed by atoms with Crippen LogP contribution in [-0.2, 0) is 0 Å². The molecule has 0 aromatic carbocycles. The normalized spacial score (nSPS) is 24.2. The molecule has 3 nitrogen and oxygen atoms in total. The van der Waals surface area contributed by atoms with E-state index in [2.05, 4.69) is 36.0 Å². The fourth-order valence-corrected chi connectivity index (χ4v) is 2.85. The molecule has 0 aliphatic carbocycles. The highest BCUT2D eigenvalue weighted by molar-refractivity contribution is 4.82. The summed E-state index contributed by atoms with van der Waals surface area (Å²) in [5.74, 6) is 0. The van der Waals surface area contributed by atoms with Gasteiger partial charge in [-0.1, -0.05) is 13.8 Å². The predicted octanol–water partition coefficient (Wildman–Crippen LogP) is 1.40. The van der Waals surface area contributed by atoms with Crippen molar-refractivity contribution in [2.45, 2.75) is 45.2 Å². The van der Waals surface area contributed by atoms with E-state index in [1.165, 1.54) is 38.9 Å². The Morgan fingerprint density at radius 3 is 2.75 bits per heavy atom. The molecule has 0 spiro atoms. The van der Waals surface area contributed by atoms with Crippen LogP contribution in [0, 0.1) is 0 Å². The highest BCUT2D eigenvalue weighted by Gasteiger charge is 2.25. The molecule has 0 amide bonds. The zero-order chi connectivity index (χ0) is 12.0. The van der Waals surface area contributed by atoms with Crippen molar-refractivity contribution in [3.05, 3.63) is 0 Å². The lowest BCUT2D eigenvalue weighted by atomic mass is 10.1. The minimum atomic E-state index is 0.685. The summed E-state index contributed by atoms with van der Waals surface area (Å²) in [4.78, 5) is 5.16. The molecule has 96 valence electrons. The molecule has 1 rings (SSSR count). The molecule has 1 heterocycles. The maximum Gasteiger partial charge on any atom is 0.0223 e. The molecular weight excluding hydrogens is 198 g/mol. The second-order valence-electron chi connectivity index (χ2n) is 4.98. The van der Waals surface area contributed by atoms with Gasteiger partial charge in [0.2, 0.25) is 0 Å². The lowest BCUT2D eigenvalue weighted by Gasteiger charge is -2.32. The van der Waals surface area contributed by atoms with Crippen molar-refractivity contribution in [2.24, 2.45) is 0 Å². The zero-order valence-electron chi connectivity index (χ0n) is 11.5. The van der Waals surface area contributed by atoms with E-state index in [0.29, 0.717) is 6.04 Å². The minimum Gasteiger partial charge on any atom is -0.318 e. The van der Waals surface area contributed by atoms with E-state index >= 15 is 0 Å². The summed E-state index contributed by atoms with van der Waals surface area (Å²) >= 11 is 0. The Morgan fingerprint density at radius 1 is 1.44 bits per heavy atom. The van der Waals surface area contributed by atoms with E-state index < -0.39 is 0 Å². The van der Waals surface area contributed by atoms with E-state index in [-0.39, 0.29) is 0 Å². The Labute approximate surface area is 101 Å². The number of hydrogen-bond donors (Lipinski definition) is 1. The molecule has 0 aromatic rings. The van der Waals surface area contributed by atoms with Crippen LogP contribution in [0.3, 0.4) is 0 Å². The molecule has 2 atom stereocenters. The van der Waals surface area contributed by atoms with Crippen LogP contribution in [-0.4, -0.2) is 62.2 Å². The molecule has 3 heteroatoms. The van der Waals surface area contributed by atoms with Crippen molar-refractivity contribution in [2.75, 3.05) is 40.3 Å². The second kappa shape index (κ2) is 7.25. The Bertz CT molecular complexity index is 184. The lowest BCUT2D eigenvalue weighted by molar-refractivity contribution is 0.159. The summed E-state index contributed by atoms with van der Waals surface area (Å²) in [6.07, 6.45) is 4.00. The van der Waals surface area contributed by atoms with E-state index in [1.807, 2.05) is 7.05 Å². The summed E-state index contributed by atoms with van der Waals surface area (Å²) in [6.45, 7) is 9.41. The number of hydrogen-bond acceptors (Lipinski definition) is 3. The average molecular weight is 227 g/mol. The van der Waals surface area contributed by atoms with Crippen LogP contribution in [0.2, 0.25) is 0 Å². The van der Waals surface area contributed by atoms with Crippen LogP contribution in [0.25, 0.3) is 0 Å². The van der Waals surface area contributed by atoms with Crippen LogP contribution in [0.15, 0.2) is 0 Å². The van der Waals surface area contributed by atoms with Crippen molar-refractivity contribution in [1.29, 1.82) is 0 Å². The quantitative estimate of drug-likeness (QED) is 0.709. The Balaban J connectivity index is 2.39. The minimum absolute atomic E-state index is 0.685. The van der Waals surface area contributed by atoms with Crippen molar-refractivity contribution in [3.8, 4) is 0 Å². The highest BCUT2D eigenvalue weighted by Crippen LogP contribution is 2.18. The number of nitrogens with zero attached hydrogens (tertiary/aromatic N) is 2. The molecule has 1 aliphatic rings. The van der Waals surface area contributed by atoms with Gasteiger partial charge in [-0.3, -0.25) is 4.90 Å². The molecule has 1 fully saturated rings. The van der Waals surface area contributed by atoms with E-state index in [1.54, 1.807) is 0 Å². The van der Waals surface area contributed by atoms with Gasteiger partial charge in [0.25, 0.3) is 0 Å². The summed E-state index contributed by atoms with van der Waals surface area (Å²) in [5, 5.41) is 3.29. The van der Waals surface area contributed by atoms with Gasteiger partial charge in [0.1, 0.15) is 0 Å². The SMILES string of the molecule is CCC(CNC)N(C)CC1CCCN1CC. The van der Waals surface area contributed by atoms with Gasteiger partial charge in [-0.2, -0.15) is 0 Å². The van der Waals surface area contributed by atoms with Crippen molar-refractivity contribution < 1.29 is 0 Å². The maximum atomic E-state index is 3.29. The molecule has 1 saturated heterocycles.